The van der Waals surface area contributed by atoms with Crippen LogP contribution in [0.2, 0.25) is 0 Å². The van der Waals surface area contributed by atoms with Crippen molar-refractivity contribution < 1.29 is 19.4 Å². The third-order valence-electron chi connectivity index (χ3n) is 6.26. The fourth-order valence-corrected chi connectivity index (χ4v) is 4.62. The Morgan fingerprint density at radius 1 is 1.12 bits per heavy atom. The Morgan fingerprint density at radius 3 is 2.58 bits per heavy atom. The van der Waals surface area contributed by atoms with Gasteiger partial charge in [-0.2, -0.15) is 0 Å². The van der Waals surface area contributed by atoms with Gasteiger partial charge in [-0.1, -0.05) is 31.5 Å². The zero-order valence-electron chi connectivity index (χ0n) is 19.6. The summed E-state index contributed by atoms with van der Waals surface area (Å²) in [6.45, 7) is 6.84. The van der Waals surface area contributed by atoms with Crippen LogP contribution in [0.25, 0.3) is 16.7 Å². The zero-order valence-corrected chi connectivity index (χ0v) is 19.6. The number of carbonyl (C=O) groups excluding carboxylic acids is 2. The van der Waals surface area contributed by atoms with Crippen LogP contribution in [-0.4, -0.2) is 39.4 Å². The predicted molar refractivity (Wildman–Crippen MR) is 129 cm³/mol. The highest BCUT2D eigenvalue weighted by molar-refractivity contribution is 6.46. The van der Waals surface area contributed by atoms with Gasteiger partial charge in [0.25, 0.3) is 11.7 Å². The summed E-state index contributed by atoms with van der Waals surface area (Å²) in [7, 11) is 1.94. The third kappa shape index (κ3) is 3.90. The molecule has 2 heterocycles. The average molecular weight is 447 g/mol. The van der Waals surface area contributed by atoms with Crippen LogP contribution in [0.15, 0.2) is 54.2 Å². The van der Waals surface area contributed by atoms with E-state index in [1.807, 2.05) is 62.8 Å². The minimum absolute atomic E-state index is 0.135. The van der Waals surface area contributed by atoms with E-state index in [4.69, 9.17) is 4.74 Å². The van der Waals surface area contributed by atoms with E-state index >= 15 is 0 Å². The van der Waals surface area contributed by atoms with Gasteiger partial charge in [0.2, 0.25) is 0 Å². The van der Waals surface area contributed by atoms with E-state index in [9.17, 15) is 14.7 Å². The Balaban J connectivity index is 1.91. The lowest BCUT2D eigenvalue weighted by atomic mass is 9.94. The molecule has 4 rings (SSSR count). The Morgan fingerprint density at radius 2 is 1.88 bits per heavy atom. The molecule has 172 valence electrons. The van der Waals surface area contributed by atoms with E-state index in [1.165, 1.54) is 0 Å². The van der Waals surface area contributed by atoms with Crippen LogP contribution in [-0.2, 0) is 16.6 Å². The number of hydrogen-bond acceptors (Lipinski definition) is 4. The number of rotatable bonds is 7. The van der Waals surface area contributed by atoms with E-state index in [2.05, 4.69) is 0 Å². The molecule has 0 bridgehead atoms. The molecule has 1 aliphatic heterocycles. The number of nitrogens with zero attached hydrogens (tertiary/aromatic N) is 2. The van der Waals surface area contributed by atoms with Gasteiger partial charge in [0, 0.05) is 41.8 Å². The number of ketones is 1. The maximum Gasteiger partial charge on any atom is 0.295 e. The molecule has 1 amide bonds. The van der Waals surface area contributed by atoms with Gasteiger partial charge in [-0.3, -0.25) is 9.59 Å². The van der Waals surface area contributed by atoms with Gasteiger partial charge < -0.3 is 19.3 Å². The van der Waals surface area contributed by atoms with Gasteiger partial charge in [-0.05, 0) is 50.1 Å². The molecular formula is C27H30N2O4. The van der Waals surface area contributed by atoms with Crippen molar-refractivity contribution >= 4 is 28.4 Å². The first-order chi connectivity index (χ1) is 15.9. The summed E-state index contributed by atoms with van der Waals surface area (Å²) >= 11 is 0. The molecule has 6 heteroatoms. The smallest absolute Gasteiger partial charge is 0.295 e. The van der Waals surface area contributed by atoms with E-state index < -0.39 is 17.7 Å². The Kier molecular flexibility index (Phi) is 6.27. The standard InChI is InChI=1S/C27H30N2O4/c1-5-7-14-29-24(20-16-28(4)21-11-9-8-10-19(20)21)23(26(31)27(29)32)25(30)18-12-13-22(33-6-2)17(3)15-18/h8-13,15-16,24,30H,5-7,14H2,1-4H3/b25-23+. The van der Waals surface area contributed by atoms with Crippen LogP contribution in [0.3, 0.4) is 0 Å². The Labute approximate surface area is 194 Å². The molecule has 1 aliphatic rings. The lowest BCUT2D eigenvalue weighted by Crippen LogP contribution is -2.30. The van der Waals surface area contributed by atoms with Gasteiger partial charge in [0.05, 0.1) is 18.2 Å². The summed E-state index contributed by atoms with van der Waals surface area (Å²) in [4.78, 5) is 27.9. The highest BCUT2D eigenvalue weighted by Gasteiger charge is 2.46. The number of ether oxygens (including phenoxy) is 1. The number of Topliss-reactive ketones (excluding diaryl/α,β-unsaturated/α-hetero) is 1. The van der Waals surface area contributed by atoms with Crippen molar-refractivity contribution in [1.82, 2.24) is 9.47 Å². The number of hydrogen-bond donors (Lipinski definition) is 1. The molecule has 1 unspecified atom stereocenters. The van der Waals surface area contributed by atoms with Crippen molar-refractivity contribution in [3.8, 4) is 5.75 Å². The molecule has 0 radical (unpaired) electrons. The highest BCUT2D eigenvalue weighted by atomic mass is 16.5. The monoisotopic (exact) mass is 446 g/mol. The molecule has 2 aromatic carbocycles. The second kappa shape index (κ2) is 9.14. The number of carbonyl (C=O) groups is 2. The van der Waals surface area contributed by atoms with Crippen LogP contribution in [0, 0.1) is 6.92 Å². The molecule has 33 heavy (non-hydrogen) atoms. The van der Waals surface area contributed by atoms with Crippen LogP contribution >= 0.6 is 0 Å². The van der Waals surface area contributed by atoms with Crippen LogP contribution in [0.1, 0.15) is 49.4 Å². The summed E-state index contributed by atoms with van der Waals surface area (Å²) in [5.41, 5.74) is 3.33. The summed E-state index contributed by atoms with van der Waals surface area (Å²) in [5.74, 6) is -0.641. The molecule has 0 saturated carbocycles. The van der Waals surface area contributed by atoms with Crippen LogP contribution in [0.5, 0.6) is 5.75 Å². The molecule has 6 nitrogen and oxygen atoms in total. The first-order valence-electron chi connectivity index (χ1n) is 11.4. The first-order valence-corrected chi connectivity index (χ1v) is 11.4. The lowest BCUT2D eigenvalue weighted by molar-refractivity contribution is -0.139. The SMILES string of the molecule is CCCCN1C(=O)C(=O)/C(=C(/O)c2ccc(OCC)c(C)c2)C1c1cn(C)c2ccccc12. The third-order valence-corrected chi connectivity index (χ3v) is 6.26. The van der Waals surface area contributed by atoms with E-state index in [1.54, 1.807) is 23.1 Å². The van der Waals surface area contributed by atoms with Crippen molar-refractivity contribution in [2.75, 3.05) is 13.2 Å². The maximum atomic E-state index is 13.2. The van der Waals surface area contributed by atoms with Gasteiger partial charge in [0.15, 0.2) is 0 Å². The Hall–Kier alpha value is -3.54. The van der Waals surface area contributed by atoms with E-state index in [-0.39, 0.29) is 11.3 Å². The van der Waals surface area contributed by atoms with Crippen molar-refractivity contribution in [2.24, 2.45) is 7.05 Å². The van der Waals surface area contributed by atoms with Crippen molar-refractivity contribution in [2.45, 2.75) is 39.7 Å². The largest absolute Gasteiger partial charge is 0.507 e. The van der Waals surface area contributed by atoms with E-state index in [0.717, 1.165) is 40.6 Å². The number of para-hydroxylation sites is 1. The van der Waals surface area contributed by atoms with Crippen LogP contribution in [0.4, 0.5) is 0 Å². The average Bonchev–Trinajstić information content (AvgIpc) is 3.27. The van der Waals surface area contributed by atoms with Gasteiger partial charge in [-0.15, -0.1) is 0 Å². The fourth-order valence-electron chi connectivity index (χ4n) is 4.62. The summed E-state index contributed by atoms with van der Waals surface area (Å²) in [5, 5.41) is 12.3. The van der Waals surface area contributed by atoms with Crippen molar-refractivity contribution in [3.05, 3.63) is 70.9 Å². The highest BCUT2D eigenvalue weighted by Crippen LogP contribution is 2.42. The second-order valence-electron chi connectivity index (χ2n) is 8.47. The second-order valence-corrected chi connectivity index (χ2v) is 8.47. The molecular weight excluding hydrogens is 416 g/mol. The number of fused-ring (bicyclic) bond motifs is 1. The molecule has 1 atom stereocenters. The molecule has 1 fully saturated rings. The first kappa shape index (κ1) is 22.6. The van der Waals surface area contributed by atoms with E-state index in [0.29, 0.717) is 18.7 Å². The van der Waals surface area contributed by atoms with Gasteiger partial charge in [0.1, 0.15) is 11.5 Å². The molecule has 1 saturated heterocycles. The minimum Gasteiger partial charge on any atom is -0.507 e. The molecule has 0 spiro atoms. The number of aliphatic hydroxyl groups is 1. The summed E-state index contributed by atoms with van der Waals surface area (Å²) in [6, 6.07) is 12.6. The quantitative estimate of drug-likeness (QED) is 0.311. The number of aliphatic hydroxyl groups excluding tert-OH is 1. The van der Waals surface area contributed by atoms with Gasteiger partial charge >= 0.3 is 0 Å². The number of unbranched alkanes of at least 4 members (excludes halogenated alkanes) is 1. The van der Waals surface area contributed by atoms with Crippen molar-refractivity contribution in [1.29, 1.82) is 0 Å². The Bertz CT molecular complexity index is 1250. The number of benzene rings is 2. The summed E-state index contributed by atoms with van der Waals surface area (Å²) in [6.07, 6.45) is 3.62. The zero-order chi connectivity index (χ0) is 23.7. The maximum absolute atomic E-state index is 13.2. The molecule has 1 N–H and O–H groups in total. The number of aryl methyl sites for hydroxylation is 2. The number of amides is 1. The summed E-state index contributed by atoms with van der Waals surface area (Å²) < 4.78 is 7.60. The topological polar surface area (TPSA) is 71.8 Å². The number of aromatic nitrogens is 1. The molecule has 3 aromatic rings. The lowest BCUT2D eigenvalue weighted by Gasteiger charge is -2.24. The normalized spacial score (nSPS) is 17.8. The van der Waals surface area contributed by atoms with Crippen molar-refractivity contribution in [3.63, 3.8) is 0 Å². The molecule has 1 aromatic heterocycles. The minimum atomic E-state index is -0.645. The fraction of sp³-hybridized carbons (Fsp3) is 0.333. The molecule has 0 aliphatic carbocycles. The van der Waals surface area contributed by atoms with Crippen LogP contribution < -0.4 is 4.74 Å². The van der Waals surface area contributed by atoms with Gasteiger partial charge in [-0.25, -0.2) is 0 Å². The number of likely N-dealkylation sites (tertiary alicyclic amines) is 1. The predicted octanol–water partition coefficient (Wildman–Crippen LogP) is 5.11.